The van der Waals surface area contributed by atoms with E-state index in [9.17, 15) is 34.8 Å². The van der Waals surface area contributed by atoms with E-state index in [1.807, 2.05) is 0 Å². The molecule has 0 saturated heterocycles. The van der Waals surface area contributed by atoms with Crippen LogP contribution in [0.4, 0.5) is 26.3 Å². The van der Waals surface area contributed by atoms with Crippen LogP contribution in [0.25, 0.3) is 11.0 Å². The average molecular weight is 484 g/mol. The summed E-state index contributed by atoms with van der Waals surface area (Å²) in [6, 6.07) is 10.7. The highest BCUT2D eigenvalue weighted by atomic mass is 32.3. The molecule has 3 nitrogen and oxygen atoms in total. The van der Waals surface area contributed by atoms with Crippen molar-refractivity contribution in [1.29, 1.82) is 0 Å². The van der Waals surface area contributed by atoms with Gasteiger partial charge in [0, 0.05) is 20.1 Å². The Morgan fingerprint density at radius 2 is 1.39 bits per heavy atom. The van der Waals surface area contributed by atoms with Crippen molar-refractivity contribution in [2.24, 2.45) is 0 Å². The second kappa shape index (κ2) is 7.28. The number of benzene rings is 2. The molecule has 0 bridgehead atoms. The Labute approximate surface area is 177 Å². The Bertz CT molecular complexity index is 1140. The first-order valence-electron chi connectivity index (χ1n) is 8.85. The van der Waals surface area contributed by atoms with Crippen LogP contribution in [0.15, 0.2) is 53.4 Å². The molecule has 11 heteroatoms. The van der Waals surface area contributed by atoms with Gasteiger partial charge in [-0.2, -0.15) is 38.4 Å². The normalized spacial score (nSPS) is 21.9. The smallest absolute Gasteiger partial charge is 0.196 e. The van der Waals surface area contributed by atoms with Gasteiger partial charge in [0.05, 0.1) is 0 Å². The van der Waals surface area contributed by atoms with Gasteiger partial charge in [-0.05, 0) is 34.2 Å². The van der Waals surface area contributed by atoms with E-state index >= 15 is 0 Å². The third kappa shape index (κ3) is 3.87. The van der Waals surface area contributed by atoms with E-state index in [2.05, 4.69) is 3.63 Å². The summed E-state index contributed by atoms with van der Waals surface area (Å²) in [5.74, 6) is 0. The molecule has 1 atom stereocenters. The number of alkyl halides is 6. The lowest BCUT2D eigenvalue weighted by molar-refractivity contribution is -0.0543. The molecule has 1 heterocycles. The van der Waals surface area contributed by atoms with E-state index in [-0.39, 0.29) is 11.1 Å². The van der Waals surface area contributed by atoms with Gasteiger partial charge in [0.25, 0.3) is 0 Å². The topological polar surface area (TPSA) is 43.4 Å². The molecule has 2 aromatic rings. The van der Waals surface area contributed by atoms with Gasteiger partial charge in [-0.25, -0.2) is 0 Å². The fourth-order valence-corrected chi connectivity index (χ4v) is 7.85. The molecule has 0 amide bonds. The maximum absolute atomic E-state index is 14.6. The van der Waals surface area contributed by atoms with Gasteiger partial charge in [0.2, 0.25) is 0 Å². The third-order valence-corrected chi connectivity index (χ3v) is 9.33. The van der Waals surface area contributed by atoms with E-state index in [0.717, 1.165) is 12.1 Å². The van der Waals surface area contributed by atoms with Crippen molar-refractivity contribution >= 4 is 31.4 Å². The largest absolute Gasteiger partial charge is 0.523 e. The summed E-state index contributed by atoms with van der Waals surface area (Å²) in [4.78, 5) is -1.28. The number of fused-ring (bicyclic) bond motifs is 1. The minimum absolute atomic E-state index is 0.0177. The first kappa shape index (κ1) is 23.7. The Kier molecular flexibility index (Phi) is 5.56. The molecule has 170 valence electrons. The maximum atomic E-state index is 14.6. The van der Waals surface area contributed by atoms with Crippen LogP contribution < -0.4 is 0 Å². The minimum atomic E-state index is -6.58. The van der Waals surface area contributed by atoms with E-state index in [1.54, 1.807) is 32.9 Å². The number of hydrogen-bond acceptors (Lipinski definition) is 3. The molecule has 0 saturated carbocycles. The van der Waals surface area contributed by atoms with Gasteiger partial charge in [-0.1, -0.05) is 63.2 Å². The Hall–Kier alpha value is -1.98. The summed E-state index contributed by atoms with van der Waals surface area (Å²) >= 11 is 0. The number of hydrogen-bond donors (Lipinski definition) is 0. The van der Waals surface area contributed by atoms with Crippen LogP contribution in [0, 0.1) is 0 Å². The summed E-state index contributed by atoms with van der Waals surface area (Å²) < 4.78 is 111. The van der Waals surface area contributed by atoms with Crippen LogP contribution in [0.3, 0.4) is 0 Å². The van der Waals surface area contributed by atoms with Crippen LogP contribution in [-0.4, -0.2) is 19.4 Å². The molecule has 0 fully saturated rings. The number of halogens is 6. The van der Waals surface area contributed by atoms with E-state index < -0.39 is 46.7 Å². The highest BCUT2D eigenvalue weighted by molar-refractivity contribution is 8.41. The molecule has 1 aliphatic heterocycles. The minimum Gasteiger partial charge on any atom is -0.196 e. The van der Waals surface area contributed by atoms with Gasteiger partial charge in [-0.3, -0.25) is 0 Å². The van der Waals surface area contributed by atoms with Crippen LogP contribution in [0.1, 0.15) is 37.5 Å². The predicted octanol–water partition coefficient (Wildman–Crippen LogP) is 6.96. The zero-order valence-corrected chi connectivity index (χ0v) is 18.1. The highest BCUT2D eigenvalue weighted by Gasteiger charge is 2.64. The Balaban J connectivity index is 2.42. The summed E-state index contributed by atoms with van der Waals surface area (Å²) in [6.07, 6.45) is 1.06. The third-order valence-electron chi connectivity index (χ3n) is 4.63. The van der Waals surface area contributed by atoms with Gasteiger partial charge in [0.15, 0.2) is 0 Å². The van der Waals surface area contributed by atoms with Gasteiger partial charge >= 0.3 is 21.1 Å². The van der Waals surface area contributed by atoms with Crippen LogP contribution >= 0.6 is 10.3 Å². The van der Waals surface area contributed by atoms with Crippen molar-refractivity contribution < 1.29 is 38.4 Å². The van der Waals surface area contributed by atoms with Crippen molar-refractivity contribution in [3.63, 3.8) is 0 Å². The van der Waals surface area contributed by atoms with Gasteiger partial charge in [-0.15, -0.1) is 0 Å². The van der Waals surface area contributed by atoms with Crippen molar-refractivity contribution in [3.05, 3.63) is 65.2 Å². The van der Waals surface area contributed by atoms with E-state index in [0.29, 0.717) is 5.56 Å². The molecule has 0 aromatic heterocycles. The van der Waals surface area contributed by atoms with Crippen molar-refractivity contribution in [2.45, 2.75) is 42.1 Å². The fourth-order valence-electron chi connectivity index (χ4n) is 3.32. The maximum Gasteiger partial charge on any atom is 0.523 e. The van der Waals surface area contributed by atoms with Crippen molar-refractivity contribution in [2.75, 3.05) is 0 Å². The molecular formula is C20H18F6O3S2. The molecule has 0 spiro atoms. The zero-order valence-electron chi connectivity index (χ0n) is 16.5. The van der Waals surface area contributed by atoms with E-state index in [1.165, 1.54) is 30.3 Å². The van der Waals surface area contributed by atoms with Crippen LogP contribution in [-0.2, 0) is 19.2 Å². The second-order valence-electron chi connectivity index (χ2n) is 7.81. The quantitative estimate of drug-likeness (QED) is 0.349. The first-order chi connectivity index (χ1) is 14.0. The lowest BCUT2D eigenvalue weighted by Gasteiger charge is -2.40. The second-order valence-corrected chi connectivity index (χ2v) is 12.2. The zero-order chi connectivity index (χ0) is 23.5. The Morgan fingerprint density at radius 3 is 1.94 bits per heavy atom. The molecule has 0 N–H and O–H groups in total. The molecule has 0 aliphatic carbocycles. The number of rotatable bonds is 3. The predicted molar refractivity (Wildman–Crippen MR) is 107 cm³/mol. The summed E-state index contributed by atoms with van der Waals surface area (Å²) in [5.41, 5.74) is -11.8. The molecule has 0 radical (unpaired) electrons. The molecule has 31 heavy (non-hydrogen) atoms. The van der Waals surface area contributed by atoms with Gasteiger partial charge < -0.3 is 0 Å². The van der Waals surface area contributed by atoms with Crippen molar-refractivity contribution in [3.8, 4) is 0 Å². The lowest BCUT2D eigenvalue weighted by Crippen LogP contribution is -2.32. The van der Waals surface area contributed by atoms with Crippen molar-refractivity contribution in [1.82, 2.24) is 0 Å². The molecule has 2 aromatic carbocycles. The lowest BCUT2D eigenvalue weighted by atomic mass is 9.83. The first-order valence-corrected chi connectivity index (χ1v) is 11.8. The Morgan fingerprint density at radius 1 is 0.839 bits per heavy atom. The molecule has 1 unspecified atom stereocenters. The van der Waals surface area contributed by atoms with Crippen LogP contribution in [0.2, 0.25) is 0 Å². The SMILES string of the molecule is CC(C)(C)c1ccccc1C1=Cc2ccccc2S1(OS(=O)(=O)C(F)(F)F)C(F)(F)F. The summed E-state index contributed by atoms with van der Waals surface area (Å²) in [7, 11) is -11.7. The standard InChI is InChI=1S/C20H18F6O3S2/c1-18(2,3)15-10-6-5-9-14(15)17-12-13-8-4-7-11-16(13)30(17,19(21,22)23)29-31(27,28)20(24,25)26/h4-12H,1-3H3. The summed E-state index contributed by atoms with van der Waals surface area (Å²) in [5, 5.41) is 0. The van der Waals surface area contributed by atoms with Gasteiger partial charge in [0.1, 0.15) is 0 Å². The fraction of sp³-hybridized carbons (Fsp3) is 0.300. The highest BCUT2D eigenvalue weighted by Crippen LogP contribution is 2.80. The molecular weight excluding hydrogens is 466 g/mol. The van der Waals surface area contributed by atoms with Crippen LogP contribution in [0.5, 0.6) is 0 Å². The molecule has 3 rings (SSSR count). The monoisotopic (exact) mass is 484 g/mol. The summed E-state index contributed by atoms with van der Waals surface area (Å²) in [6.45, 7) is 5.19. The molecule has 1 aliphatic rings. The van der Waals surface area contributed by atoms with E-state index in [4.69, 9.17) is 0 Å². The average Bonchev–Trinajstić information content (AvgIpc) is 2.95.